The number of aromatic nitrogens is 2. The Bertz CT molecular complexity index is 636. The molecule has 1 atom stereocenters. The highest BCUT2D eigenvalue weighted by atomic mass is 16.6. The molecule has 0 spiro atoms. The van der Waals surface area contributed by atoms with Crippen molar-refractivity contribution < 1.29 is 9.47 Å². The third-order valence-corrected chi connectivity index (χ3v) is 3.90. The predicted molar refractivity (Wildman–Crippen MR) is 80.7 cm³/mol. The molecule has 2 heterocycles. The fourth-order valence-corrected chi connectivity index (χ4v) is 2.60. The molecule has 0 radical (unpaired) electrons. The normalized spacial score (nSPS) is 17.0. The molecule has 1 aromatic carbocycles. The Hall–Kier alpha value is -2.01. The summed E-state index contributed by atoms with van der Waals surface area (Å²) in [6.07, 6.45) is 0.0391. The molecule has 1 unspecified atom stereocenters. The van der Waals surface area contributed by atoms with Crippen molar-refractivity contribution in [1.29, 1.82) is 0 Å². The molecule has 2 aromatic rings. The molecule has 21 heavy (non-hydrogen) atoms. The standard InChI is InChI=1S/C16H21N3O2/c1-11-14(12(2)19(3)18-11)9-17-8-13-10-20-15-6-4-5-7-16(15)21-13/h4-7,13,17H,8-10H2,1-3H3. The van der Waals surface area contributed by atoms with Gasteiger partial charge in [0.05, 0.1) is 5.69 Å². The first-order valence-electron chi connectivity index (χ1n) is 7.23. The zero-order chi connectivity index (χ0) is 14.8. The van der Waals surface area contributed by atoms with E-state index in [4.69, 9.17) is 9.47 Å². The Morgan fingerprint density at radius 1 is 1.29 bits per heavy atom. The van der Waals surface area contributed by atoms with Crippen LogP contribution in [0.15, 0.2) is 24.3 Å². The van der Waals surface area contributed by atoms with Gasteiger partial charge < -0.3 is 14.8 Å². The summed E-state index contributed by atoms with van der Waals surface area (Å²) in [5.74, 6) is 1.65. The van der Waals surface area contributed by atoms with Crippen molar-refractivity contribution in [3.8, 4) is 11.5 Å². The molecule has 0 saturated heterocycles. The molecule has 0 aliphatic carbocycles. The monoisotopic (exact) mass is 287 g/mol. The lowest BCUT2D eigenvalue weighted by atomic mass is 10.2. The lowest BCUT2D eigenvalue weighted by Crippen LogP contribution is -2.38. The second-order valence-corrected chi connectivity index (χ2v) is 5.40. The summed E-state index contributed by atoms with van der Waals surface area (Å²) >= 11 is 0. The molecular weight excluding hydrogens is 266 g/mol. The van der Waals surface area contributed by atoms with Crippen molar-refractivity contribution in [3.63, 3.8) is 0 Å². The smallest absolute Gasteiger partial charge is 0.161 e. The van der Waals surface area contributed by atoms with Crippen molar-refractivity contribution in [2.24, 2.45) is 7.05 Å². The summed E-state index contributed by atoms with van der Waals surface area (Å²) in [7, 11) is 1.97. The number of nitrogens with one attached hydrogen (secondary N) is 1. The lowest BCUT2D eigenvalue weighted by Gasteiger charge is -2.26. The molecule has 1 aliphatic heterocycles. The minimum atomic E-state index is 0.0391. The molecule has 112 valence electrons. The average molecular weight is 287 g/mol. The molecule has 0 bridgehead atoms. The maximum absolute atomic E-state index is 5.93. The predicted octanol–water partition coefficient (Wildman–Crippen LogP) is 1.97. The van der Waals surface area contributed by atoms with E-state index in [2.05, 4.69) is 17.3 Å². The number of para-hydroxylation sites is 2. The molecule has 1 N–H and O–H groups in total. The summed E-state index contributed by atoms with van der Waals surface area (Å²) in [6.45, 7) is 6.26. The van der Waals surface area contributed by atoms with Crippen LogP contribution in [-0.4, -0.2) is 29.0 Å². The molecule has 3 rings (SSSR count). The van der Waals surface area contributed by atoms with Gasteiger partial charge >= 0.3 is 0 Å². The lowest BCUT2D eigenvalue weighted by molar-refractivity contribution is 0.0902. The van der Waals surface area contributed by atoms with E-state index in [0.717, 1.165) is 30.3 Å². The fraction of sp³-hybridized carbons (Fsp3) is 0.438. The Labute approximate surface area is 124 Å². The van der Waals surface area contributed by atoms with E-state index in [9.17, 15) is 0 Å². The number of nitrogens with zero attached hydrogens (tertiary/aromatic N) is 2. The van der Waals surface area contributed by atoms with E-state index in [1.165, 1.54) is 11.3 Å². The van der Waals surface area contributed by atoms with E-state index in [0.29, 0.717) is 6.61 Å². The quantitative estimate of drug-likeness (QED) is 0.934. The van der Waals surface area contributed by atoms with Gasteiger partial charge in [-0.1, -0.05) is 12.1 Å². The van der Waals surface area contributed by atoms with Gasteiger partial charge in [0.15, 0.2) is 11.5 Å². The molecular formula is C16H21N3O2. The maximum Gasteiger partial charge on any atom is 0.161 e. The topological polar surface area (TPSA) is 48.3 Å². The second kappa shape index (κ2) is 5.77. The van der Waals surface area contributed by atoms with Crippen molar-refractivity contribution in [2.45, 2.75) is 26.5 Å². The Kier molecular flexibility index (Phi) is 3.84. The van der Waals surface area contributed by atoms with E-state index in [1.54, 1.807) is 0 Å². The highest BCUT2D eigenvalue weighted by Gasteiger charge is 2.20. The van der Waals surface area contributed by atoms with Crippen LogP contribution in [0.2, 0.25) is 0 Å². The van der Waals surface area contributed by atoms with Crippen molar-refractivity contribution >= 4 is 0 Å². The van der Waals surface area contributed by atoms with Crippen LogP contribution in [0.1, 0.15) is 17.0 Å². The number of aryl methyl sites for hydroxylation is 2. The Morgan fingerprint density at radius 3 is 2.76 bits per heavy atom. The van der Waals surface area contributed by atoms with Gasteiger partial charge in [0.1, 0.15) is 12.7 Å². The summed E-state index contributed by atoms with van der Waals surface area (Å²) in [6, 6.07) is 7.79. The van der Waals surface area contributed by atoms with Crippen molar-refractivity contribution in [3.05, 3.63) is 41.2 Å². The number of rotatable bonds is 4. The third kappa shape index (κ3) is 2.88. The third-order valence-electron chi connectivity index (χ3n) is 3.90. The molecule has 5 heteroatoms. The second-order valence-electron chi connectivity index (χ2n) is 5.40. The van der Waals surface area contributed by atoms with Gasteiger partial charge in [-0.2, -0.15) is 5.10 Å². The average Bonchev–Trinajstić information content (AvgIpc) is 2.73. The maximum atomic E-state index is 5.93. The number of hydrogen-bond donors (Lipinski definition) is 1. The Balaban J connectivity index is 1.55. The number of ether oxygens (including phenoxy) is 2. The van der Waals surface area contributed by atoms with Crippen LogP contribution < -0.4 is 14.8 Å². The van der Waals surface area contributed by atoms with E-state index >= 15 is 0 Å². The number of benzene rings is 1. The van der Waals surface area contributed by atoms with Gasteiger partial charge in [-0.3, -0.25) is 4.68 Å². The molecule has 5 nitrogen and oxygen atoms in total. The SMILES string of the molecule is Cc1nn(C)c(C)c1CNCC1COc2ccccc2O1. The van der Waals surface area contributed by atoms with Crippen LogP contribution in [0.4, 0.5) is 0 Å². The summed E-state index contributed by atoms with van der Waals surface area (Å²) in [5, 5.41) is 7.87. The van der Waals surface area contributed by atoms with Gasteiger partial charge in [0.25, 0.3) is 0 Å². The van der Waals surface area contributed by atoms with E-state index in [1.807, 2.05) is 42.9 Å². The molecule has 0 saturated carbocycles. The van der Waals surface area contributed by atoms with Gasteiger partial charge in [-0.25, -0.2) is 0 Å². The minimum Gasteiger partial charge on any atom is -0.486 e. The Morgan fingerprint density at radius 2 is 2.05 bits per heavy atom. The first-order chi connectivity index (χ1) is 10.1. The molecule has 0 amide bonds. The highest BCUT2D eigenvalue weighted by Crippen LogP contribution is 2.30. The van der Waals surface area contributed by atoms with Crippen LogP contribution in [0.3, 0.4) is 0 Å². The largest absolute Gasteiger partial charge is 0.486 e. The van der Waals surface area contributed by atoms with Gasteiger partial charge in [0.2, 0.25) is 0 Å². The van der Waals surface area contributed by atoms with Crippen LogP contribution in [0.25, 0.3) is 0 Å². The molecule has 0 fully saturated rings. The number of hydrogen-bond acceptors (Lipinski definition) is 4. The fourth-order valence-electron chi connectivity index (χ4n) is 2.60. The first-order valence-corrected chi connectivity index (χ1v) is 7.23. The van der Waals surface area contributed by atoms with E-state index < -0.39 is 0 Å². The van der Waals surface area contributed by atoms with Gasteiger partial charge in [0, 0.05) is 31.4 Å². The van der Waals surface area contributed by atoms with Crippen LogP contribution in [-0.2, 0) is 13.6 Å². The summed E-state index contributed by atoms with van der Waals surface area (Å²) < 4.78 is 13.6. The van der Waals surface area contributed by atoms with E-state index in [-0.39, 0.29) is 6.10 Å². The van der Waals surface area contributed by atoms with Gasteiger partial charge in [-0.05, 0) is 26.0 Å². The van der Waals surface area contributed by atoms with Crippen LogP contribution in [0, 0.1) is 13.8 Å². The highest BCUT2D eigenvalue weighted by molar-refractivity contribution is 5.40. The minimum absolute atomic E-state index is 0.0391. The van der Waals surface area contributed by atoms with Crippen LogP contribution >= 0.6 is 0 Å². The number of fused-ring (bicyclic) bond motifs is 1. The first kappa shape index (κ1) is 13.9. The molecule has 1 aliphatic rings. The van der Waals surface area contributed by atoms with Gasteiger partial charge in [-0.15, -0.1) is 0 Å². The van der Waals surface area contributed by atoms with Crippen molar-refractivity contribution in [2.75, 3.05) is 13.2 Å². The molecule has 1 aromatic heterocycles. The summed E-state index contributed by atoms with van der Waals surface area (Å²) in [5.41, 5.74) is 3.54. The zero-order valence-corrected chi connectivity index (χ0v) is 12.7. The van der Waals surface area contributed by atoms with Crippen LogP contribution in [0.5, 0.6) is 11.5 Å². The summed E-state index contributed by atoms with van der Waals surface area (Å²) in [4.78, 5) is 0. The zero-order valence-electron chi connectivity index (χ0n) is 12.7. The van der Waals surface area contributed by atoms with Crippen molar-refractivity contribution in [1.82, 2.24) is 15.1 Å².